The van der Waals surface area contributed by atoms with Crippen LogP contribution in [0.15, 0.2) is 41.4 Å². The van der Waals surface area contributed by atoms with E-state index in [0.29, 0.717) is 28.0 Å². The minimum Gasteiger partial charge on any atom is -0.481 e. The number of halogens is 1. The molecule has 0 saturated heterocycles. The van der Waals surface area contributed by atoms with E-state index in [-0.39, 0.29) is 9.92 Å². The first-order valence-corrected chi connectivity index (χ1v) is 11.3. The molecule has 0 aliphatic heterocycles. The highest BCUT2D eigenvalue weighted by atomic mass is 35.5. The fourth-order valence-electron chi connectivity index (χ4n) is 2.48. The molecule has 0 saturated carbocycles. The minimum absolute atomic E-state index is 0.0451. The normalized spacial score (nSPS) is 11.2. The Morgan fingerprint density at radius 3 is 2.59 bits per heavy atom. The molecule has 152 valence electrons. The lowest BCUT2D eigenvalue weighted by atomic mass is 10.2. The van der Waals surface area contributed by atoms with Gasteiger partial charge in [-0.05, 0) is 30.7 Å². The number of rotatable bonds is 5. The molecule has 0 unspecified atom stereocenters. The third-order valence-electron chi connectivity index (χ3n) is 3.81. The Hall–Kier alpha value is -2.69. The fraction of sp³-hybridized carbons (Fsp3) is 0.167. The molecule has 2 heterocycles. The second-order valence-corrected chi connectivity index (χ2v) is 9.41. The van der Waals surface area contributed by atoms with E-state index in [1.165, 1.54) is 36.8 Å². The Kier molecular flexibility index (Phi) is 6.06. The topological polar surface area (TPSA) is 110 Å². The zero-order valence-corrected chi connectivity index (χ0v) is 18.1. The van der Waals surface area contributed by atoms with E-state index in [9.17, 15) is 13.2 Å². The van der Waals surface area contributed by atoms with Crippen LogP contribution in [0.2, 0.25) is 5.02 Å². The molecule has 0 aliphatic rings. The number of amides is 2. The maximum Gasteiger partial charge on any atom is 0.325 e. The van der Waals surface area contributed by atoms with Crippen molar-refractivity contribution in [3.05, 3.63) is 47.2 Å². The number of nitrogens with one attached hydrogen (secondary N) is 2. The zero-order valence-electron chi connectivity index (χ0n) is 15.7. The molecule has 11 heteroatoms. The summed E-state index contributed by atoms with van der Waals surface area (Å²) in [6, 6.07) is 7.55. The summed E-state index contributed by atoms with van der Waals surface area (Å²) < 4.78 is 28.8. The van der Waals surface area contributed by atoms with Crippen molar-refractivity contribution in [1.29, 1.82) is 0 Å². The maximum atomic E-state index is 12.2. The molecule has 2 N–H and O–H groups in total. The molecule has 0 spiro atoms. The number of aryl methyl sites for hydroxylation is 1. The lowest BCUT2D eigenvalue weighted by Gasteiger charge is -2.06. The van der Waals surface area contributed by atoms with Gasteiger partial charge >= 0.3 is 6.03 Å². The van der Waals surface area contributed by atoms with Crippen LogP contribution in [-0.2, 0) is 9.84 Å². The van der Waals surface area contributed by atoms with Gasteiger partial charge in [-0.1, -0.05) is 29.0 Å². The molecule has 0 radical (unpaired) electrons. The highest BCUT2D eigenvalue weighted by Gasteiger charge is 2.17. The number of hydrogen-bond donors (Lipinski definition) is 2. The van der Waals surface area contributed by atoms with Crippen LogP contribution in [0.4, 0.5) is 15.6 Å². The number of thiazole rings is 1. The van der Waals surface area contributed by atoms with Crippen LogP contribution in [0.5, 0.6) is 5.88 Å². The predicted octanol–water partition coefficient (Wildman–Crippen LogP) is 4.22. The monoisotopic (exact) mass is 452 g/mol. The highest BCUT2D eigenvalue weighted by Crippen LogP contribution is 2.35. The molecule has 0 atom stereocenters. The second-order valence-electron chi connectivity index (χ2n) is 6.02. The number of sulfone groups is 1. The van der Waals surface area contributed by atoms with E-state index in [4.69, 9.17) is 16.3 Å². The standard InChI is InChI=1S/C18H17ClN4O4S2/c1-10-16(11-4-6-13(19)14(8-11)29(3,25)26)28-18(21-10)23-17(24)22-12-5-7-15(27-2)20-9-12/h4-9H,1-3H3,(H2,21,22,23,24). The SMILES string of the molecule is COc1ccc(NC(=O)Nc2nc(C)c(-c3ccc(Cl)c(S(C)(=O)=O)c3)s2)cn1. The third kappa shape index (κ3) is 5.03. The second kappa shape index (κ2) is 8.36. The lowest BCUT2D eigenvalue weighted by Crippen LogP contribution is -2.19. The molecule has 2 aromatic heterocycles. The van der Waals surface area contributed by atoms with Crippen LogP contribution in [0, 0.1) is 6.92 Å². The summed E-state index contributed by atoms with van der Waals surface area (Å²) in [6.07, 6.45) is 2.57. The van der Waals surface area contributed by atoms with E-state index in [0.717, 1.165) is 11.1 Å². The number of nitrogens with zero attached hydrogens (tertiary/aromatic N) is 2. The number of carbonyl (C=O) groups excluding carboxylic acids is 1. The van der Waals surface area contributed by atoms with Crippen molar-refractivity contribution in [3.63, 3.8) is 0 Å². The van der Waals surface area contributed by atoms with Gasteiger partial charge in [-0.25, -0.2) is 23.2 Å². The number of methoxy groups -OCH3 is 1. The van der Waals surface area contributed by atoms with Crippen LogP contribution in [0.25, 0.3) is 10.4 Å². The average Bonchev–Trinajstić information content (AvgIpc) is 3.01. The molecule has 0 aliphatic carbocycles. The summed E-state index contributed by atoms with van der Waals surface area (Å²) >= 11 is 7.23. The summed E-state index contributed by atoms with van der Waals surface area (Å²) in [7, 11) is -1.97. The van der Waals surface area contributed by atoms with Gasteiger partial charge in [0.25, 0.3) is 0 Å². The first kappa shape index (κ1) is 21.0. The van der Waals surface area contributed by atoms with E-state index in [1.54, 1.807) is 25.1 Å². The van der Waals surface area contributed by atoms with Crippen molar-refractivity contribution in [2.45, 2.75) is 11.8 Å². The van der Waals surface area contributed by atoms with Crippen molar-refractivity contribution in [3.8, 4) is 16.3 Å². The summed E-state index contributed by atoms with van der Waals surface area (Å²) in [5.74, 6) is 0.438. The van der Waals surface area contributed by atoms with Gasteiger partial charge in [0, 0.05) is 12.3 Å². The van der Waals surface area contributed by atoms with Crippen LogP contribution in [0.1, 0.15) is 5.69 Å². The molecule has 1 aromatic carbocycles. The van der Waals surface area contributed by atoms with Gasteiger partial charge in [0.05, 0.1) is 39.5 Å². The van der Waals surface area contributed by atoms with Crippen molar-refractivity contribution in [2.24, 2.45) is 0 Å². The van der Waals surface area contributed by atoms with Crippen LogP contribution in [0.3, 0.4) is 0 Å². The van der Waals surface area contributed by atoms with Crippen molar-refractivity contribution in [2.75, 3.05) is 24.0 Å². The quantitative estimate of drug-likeness (QED) is 0.599. The molecular formula is C18H17ClN4O4S2. The van der Waals surface area contributed by atoms with Gasteiger partial charge in [-0.2, -0.15) is 0 Å². The van der Waals surface area contributed by atoms with Crippen molar-refractivity contribution < 1.29 is 17.9 Å². The molecule has 29 heavy (non-hydrogen) atoms. The Balaban J connectivity index is 1.79. The van der Waals surface area contributed by atoms with Crippen molar-refractivity contribution >= 4 is 49.6 Å². The third-order valence-corrected chi connectivity index (χ3v) is 6.51. The number of urea groups is 1. The van der Waals surface area contributed by atoms with Crippen LogP contribution < -0.4 is 15.4 Å². The molecule has 3 aromatic rings. The number of hydrogen-bond acceptors (Lipinski definition) is 7. The first-order valence-electron chi connectivity index (χ1n) is 8.23. The van der Waals surface area contributed by atoms with E-state index >= 15 is 0 Å². The van der Waals surface area contributed by atoms with Gasteiger partial charge in [-0.15, -0.1) is 0 Å². The summed E-state index contributed by atoms with van der Waals surface area (Å²) in [5, 5.41) is 5.83. The number of benzene rings is 1. The molecule has 0 bridgehead atoms. The van der Waals surface area contributed by atoms with Gasteiger partial charge in [0.2, 0.25) is 5.88 Å². The number of aromatic nitrogens is 2. The average molecular weight is 453 g/mol. The lowest BCUT2D eigenvalue weighted by molar-refractivity contribution is 0.262. The van der Waals surface area contributed by atoms with Gasteiger partial charge < -0.3 is 10.1 Å². The van der Waals surface area contributed by atoms with Gasteiger partial charge in [-0.3, -0.25) is 5.32 Å². The maximum absolute atomic E-state index is 12.2. The highest BCUT2D eigenvalue weighted by molar-refractivity contribution is 7.90. The number of ether oxygens (including phenoxy) is 1. The van der Waals surface area contributed by atoms with E-state index in [1.807, 2.05) is 0 Å². The van der Waals surface area contributed by atoms with Crippen molar-refractivity contribution in [1.82, 2.24) is 9.97 Å². The molecular weight excluding hydrogens is 436 g/mol. The molecule has 8 nitrogen and oxygen atoms in total. The molecule has 3 rings (SSSR count). The predicted molar refractivity (Wildman–Crippen MR) is 114 cm³/mol. The van der Waals surface area contributed by atoms with E-state index in [2.05, 4.69) is 20.6 Å². The smallest absolute Gasteiger partial charge is 0.325 e. The van der Waals surface area contributed by atoms with Crippen LogP contribution in [-0.4, -0.2) is 37.8 Å². The van der Waals surface area contributed by atoms with E-state index < -0.39 is 15.9 Å². The largest absolute Gasteiger partial charge is 0.481 e. The Morgan fingerprint density at radius 2 is 1.97 bits per heavy atom. The molecule has 0 fully saturated rings. The summed E-state index contributed by atoms with van der Waals surface area (Å²) in [4.78, 5) is 21.3. The number of carbonyl (C=O) groups is 1. The number of pyridine rings is 1. The van der Waals surface area contributed by atoms with Gasteiger partial charge in [0.15, 0.2) is 15.0 Å². The Morgan fingerprint density at radius 1 is 1.21 bits per heavy atom. The van der Waals surface area contributed by atoms with Gasteiger partial charge in [0.1, 0.15) is 0 Å². The van der Waals surface area contributed by atoms with Crippen LogP contribution >= 0.6 is 22.9 Å². The Bertz CT molecular complexity index is 1160. The summed E-state index contributed by atoms with van der Waals surface area (Å²) in [5.41, 5.74) is 1.79. The number of anilines is 2. The zero-order chi connectivity index (χ0) is 21.2. The Labute approximate surface area is 176 Å². The summed E-state index contributed by atoms with van der Waals surface area (Å²) in [6.45, 7) is 1.77. The fourth-order valence-corrected chi connectivity index (χ4v) is 4.74. The minimum atomic E-state index is -3.47. The first-order chi connectivity index (χ1) is 13.7. The molecule has 2 amide bonds.